The predicted octanol–water partition coefficient (Wildman–Crippen LogP) is 2.92. The van der Waals surface area contributed by atoms with Crippen molar-refractivity contribution in [2.45, 2.75) is 12.5 Å². The third-order valence-corrected chi connectivity index (χ3v) is 3.68. The maximum atomic E-state index is 13.3. The minimum Gasteiger partial charge on any atom is -0.480 e. The Morgan fingerprint density at radius 3 is 2.75 bits per heavy atom. The predicted molar refractivity (Wildman–Crippen MR) is 80.7 cm³/mol. The van der Waals surface area contributed by atoms with Gasteiger partial charge in [-0.2, -0.15) is 11.8 Å². The van der Waals surface area contributed by atoms with E-state index in [0.29, 0.717) is 12.2 Å². The van der Waals surface area contributed by atoms with E-state index in [2.05, 4.69) is 26.6 Å². The van der Waals surface area contributed by atoms with E-state index in [-0.39, 0.29) is 10.2 Å². The Morgan fingerprint density at radius 1 is 1.50 bits per heavy atom. The first-order valence-electron chi connectivity index (χ1n) is 5.68. The third-order valence-electron chi connectivity index (χ3n) is 2.39. The van der Waals surface area contributed by atoms with Gasteiger partial charge in [-0.05, 0) is 52.6 Å². The zero-order valence-corrected chi connectivity index (χ0v) is 13.1. The second-order valence-electron chi connectivity index (χ2n) is 3.90. The molecule has 0 spiro atoms. The molecule has 0 fully saturated rings. The van der Waals surface area contributed by atoms with E-state index < -0.39 is 23.9 Å². The number of hydrogen-bond donors (Lipinski definition) is 3. The van der Waals surface area contributed by atoms with Crippen LogP contribution in [0.15, 0.2) is 22.7 Å². The molecule has 5 nitrogen and oxygen atoms in total. The number of urea groups is 1. The van der Waals surface area contributed by atoms with Crippen LogP contribution in [-0.2, 0) is 4.79 Å². The number of halogens is 2. The van der Waals surface area contributed by atoms with Crippen LogP contribution in [-0.4, -0.2) is 35.2 Å². The number of thioether (sulfide) groups is 1. The molecule has 0 aliphatic carbocycles. The minimum absolute atomic E-state index is 0.247. The van der Waals surface area contributed by atoms with E-state index in [1.54, 1.807) is 0 Å². The fourth-order valence-electron chi connectivity index (χ4n) is 1.39. The zero-order valence-electron chi connectivity index (χ0n) is 10.7. The fourth-order valence-corrected chi connectivity index (χ4v) is 2.11. The summed E-state index contributed by atoms with van der Waals surface area (Å²) in [6.07, 6.45) is 2.17. The van der Waals surface area contributed by atoms with Crippen LogP contribution < -0.4 is 10.6 Å². The molecule has 0 aromatic heterocycles. The number of carbonyl (C=O) groups excluding carboxylic acids is 1. The van der Waals surface area contributed by atoms with Gasteiger partial charge in [0.25, 0.3) is 0 Å². The topological polar surface area (TPSA) is 78.4 Å². The molecule has 0 radical (unpaired) electrons. The first-order chi connectivity index (χ1) is 9.43. The van der Waals surface area contributed by atoms with Crippen molar-refractivity contribution in [2.24, 2.45) is 0 Å². The van der Waals surface area contributed by atoms with Gasteiger partial charge >= 0.3 is 12.0 Å². The highest BCUT2D eigenvalue weighted by Crippen LogP contribution is 2.19. The van der Waals surface area contributed by atoms with Gasteiger partial charge in [-0.15, -0.1) is 0 Å². The number of hydrogen-bond acceptors (Lipinski definition) is 3. The van der Waals surface area contributed by atoms with Crippen molar-refractivity contribution < 1.29 is 19.1 Å². The second-order valence-corrected chi connectivity index (χ2v) is 5.74. The molecule has 0 bridgehead atoms. The number of rotatable bonds is 6. The van der Waals surface area contributed by atoms with E-state index >= 15 is 0 Å². The van der Waals surface area contributed by atoms with Gasteiger partial charge in [0.05, 0.1) is 4.47 Å². The highest BCUT2D eigenvalue weighted by molar-refractivity contribution is 9.10. The molecule has 0 saturated heterocycles. The molecule has 1 aromatic rings. The molecule has 0 heterocycles. The molecule has 8 heteroatoms. The van der Waals surface area contributed by atoms with Gasteiger partial charge in [-0.1, -0.05) is 0 Å². The van der Waals surface area contributed by atoms with Crippen molar-refractivity contribution in [1.82, 2.24) is 5.32 Å². The minimum atomic E-state index is -1.10. The third kappa shape index (κ3) is 5.38. The maximum absolute atomic E-state index is 13.3. The van der Waals surface area contributed by atoms with E-state index in [1.807, 2.05) is 6.26 Å². The first-order valence-corrected chi connectivity index (χ1v) is 7.87. The maximum Gasteiger partial charge on any atom is 0.326 e. The van der Waals surface area contributed by atoms with Gasteiger partial charge in [-0.25, -0.2) is 14.0 Å². The van der Waals surface area contributed by atoms with Gasteiger partial charge < -0.3 is 15.7 Å². The number of amides is 2. The summed E-state index contributed by atoms with van der Waals surface area (Å²) >= 11 is 4.49. The Balaban J connectivity index is 2.60. The fraction of sp³-hybridized carbons (Fsp3) is 0.333. The lowest BCUT2D eigenvalue weighted by Crippen LogP contribution is -2.43. The smallest absolute Gasteiger partial charge is 0.326 e. The molecule has 0 aliphatic rings. The Bertz CT molecular complexity index is 502. The van der Waals surface area contributed by atoms with Gasteiger partial charge in [0, 0.05) is 5.69 Å². The van der Waals surface area contributed by atoms with Gasteiger partial charge in [0.15, 0.2) is 0 Å². The molecule has 0 unspecified atom stereocenters. The molecule has 0 aliphatic heterocycles. The first kappa shape index (κ1) is 16.8. The number of carboxylic acids is 1. The lowest BCUT2D eigenvalue weighted by molar-refractivity contribution is -0.139. The van der Waals surface area contributed by atoms with Crippen LogP contribution in [0.3, 0.4) is 0 Å². The summed E-state index contributed by atoms with van der Waals surface area (Å²) < 4.78 is 13.6. The van der Waals surface area contributed by atoms with Crippen LogP contribution in [0.5, 0.6) is 0 Å². The molecule has 110 valence electrons. The molecule has 1 aromatic carbocycles. The number of nitrogens with one attached hydrogen (secondary N) is 2. The Hall–Kier alpha value is -1.28. The molecular formula is C12H14BrFN2O3S. The summed E-state index contributed by atoms with van der Waals surface area (Å²) in [6.45, 7) is 0. The van der Waals surface area contributed by atoms with Crippen molar-refractivity contribution >= 4 is 45.4 Å². The molecule has 3 N–H and O–H groups in total. The van der Waals surface area contributed by atoms with Gasteiger partial charge in [0.1, 0.15) is 11.9 Å². The van der Waals surface area contributed by atoms with E-state index in [0.717, 1.165) is 6.07 Å². The molecular weight excluding hydrogens is 351 g/mol. The number of carboxylic acid groups (broad SMARTS) is 1. The molecule has 20 heavy (non-hydrogen) atoms. The molecule has 0 saturated carbocycles. The lowest BCUT2D eigenvalue weighted by atomic mass is 10.2. The van der Waals surface area contributed by atoms with Crippen LogP contribution in [0.2, 0.25) is 0 Å². The van der Waals surface area contributed by atoms with Crippen molar-refractivity contribution in [3.63, 3.8) is 0 Å². The van der Waals surface area contributed by atoms with Gasteiger partial charge in [-0.3, -0.25) is 0 Å². The number of aliphatic carboxylic acids is 1. The average Bonchev–Trinajstić information content (AvgIpc) is 2.38. The SMILES string of the molecule is CSCC[C@@H](NC(=O)Nc1ccc(Br)c(F)c1)C(=O)O. The summed E-state index contributed by atoms with van der Waals surface area (Å²) in [5, 5.41) is 13.7. The van der Waals surface area contributed by atoms with E-state index in [1.165, 1.54) is 23.9 Å². The summed E-state index contributed by atoms with van der Waals surface area (Å²) in [5.74, 6) is -0.999. The van der Waals surface area contributed by atoms with Crippen molar-refractivity contribution in [2.75, 3.05) is 17.3 Å². The van der Waals surface area contributed by atoms with E-state index in [9.17, 15) is 14.0 Å². The zero-order chi connectivity index (χ0) is 15.1. The van der Waals surface area contributed by atoms with Crippen molar-refractivity contribution in [3.8, 4) is 0 Å². The van der Waals surface area contributed by atoms with Crippen LogP contribution >= 0.6 is 27.7 Å². The summed E-state index contributed by atoms with van der Waals surface area (Å²) in [6, 6.07) is 2.45. The average molecular weight is 365 g/mol. The summed E-state index contributed by atoms with van der Waals surface area (Å²) in [7, 11) is 0. The largest absolute Gasteiger partial charge is 0.480 e. The number of anilines is 1. The van der Waals surface area contributed by atoms with Crippen LogP contribution in [0, 0.1) is 5.82 Å². The number of benzene rings is 1. The van der Waals surface area contributed by atoms with Crippen LogP contribution in [0.25, 0.3) is 0 Å². The standard InChI is InChI=1S/C12H14BrFN2O3S/c1-20-5-4-10(11(17)18)16-12(19)15-7-2-3-8(13)9(14)6-7/h2-3,6,10H,4-5H2,1H3,(H,17,18)(H2,15,16,19)/t10-/m1/s1. The molecule has 1 atom stereocenters. The van der Waals surface area contributed by atoms with E-state index in [4.69, 9.17) is 5.11 Å². The van der Waals surface area contributed by atoms with Crippen LogP contribution in [0.4, 0.5) is 14.9 Å². The Kier molecular flexibility index (Phi) is 6.80. The molecule has 1 rings (SSSR count). The molecule has 2 amide bonds. The lowest BCUT2D eigenvalue weighted by Gasteiger charge is -2.14. The van der Waals surface area contributed by atoms with Crippen LogP contribution in [0.1, 0.15) is 6.42 Å². The highest BCUT2D eigenvalue weighted by atomic mass is 79.9. The second kappa shape index (κ2) is 8.11. The Morgan fingerprint density at radius 2 is 2.20 bits per heavy atom. The summed E-state index contributed by atoms with van der Waals surface area (Å²) in [5.41, 5.74) is 0.247. The summed E-state index contributed by atoms with van der Waals surface area (Å²) in [4.78, 5) is 22.6. The Labute approximate surface area is 128 Å². The van der Waals surface area contributed by atoms with Crippen molar-refractivity contribution in [1.29, 1.82) is 0 Å². The normalized spacial score (nSPS) is 11.8. The number of carbonyl (C=O) groups is 2. The highest BCUT2D eigenvalue weighted by Gasteiger charge is 2.19. The van der Waals surface area contributed by atoms with Crippen molar-refractivity contribution in [3.05, 3.63) is 28.5 Å². The van der Waals surface area contributed by atoms with Gasteiger partial charge in [0.2, 0.25) is 0 Å². The monoisotopic (exact) mass is 364 g/mol. The quantitative estimate of drug-likeness (QED) is 0.724.